The summed E-state index contributed by atoms with van der Waals surface area (Å²) in [6, 6.07) is 10.2. The lowest BCUT2D eigenvalue weighted by Gasteiger charge is -2.21. The van der Waals surface area contributed by atoms with Crippen LogP contribution in [0.5, 0.6) is 0 Å². The largest absolute Gasteiger partial charge is 0.469 e. The van der Waals surface area contributed by atoms with Crippen molar-refractivity contribution in [1.29, 1.82) is 0 Å². The SMILES string of the molecule is CCNC(=NCCCCCCC(=O)OC)N(C)Cc1ncc(-c2ccccc2)[nH]1.I. The molecule has 1 heterocycles. The highest BCUT2D eigenvalue weighted by atomic mass is 127. The maximum Gasteiger partial charge on any atom is 0.305 e. The number of aromatic amines is 1. The Morgan fingerprint density at radius 2 is 1.93 bits per heavy atom. The van der Waals surface area contributed by atoms with Crippen LogP contribution in [0.3, 0.4) is 0 Å². The van der Waals surface area contributed by atoms with Crippen molar-refractivity contribution in [2.75, 3.05) is 27.2 Å². The standard InChI is InChI=1S/C22H33N5O2.HI/c1-4-23-22(24-15-11-6-5-10-14-21(28)29-3)27(2)17-20-25-16-19(26-20)18-12-8-7-9-13-18;/h7-9,12-13,16H,4-6,10-11,14-15,17H2,1-3H3,(H,23,24)(H,25,26);1H. The fourth-order valence-electron chi connectivity index (χ4n) is 3.00. The number of hydrogen-bond acceptors (Lipinski definition) is 4. The zero-order valence-electron chi connectivity index (χ0n) is 18.2. The molecule has 0 bridgehead atoms. The average Bonchev–Trinajstić information content (AvgIpc) is 3.21. The maximum atomic E-state index is 11.1. The molecule has 0 amide bonds. The van der Waals surface area contributed by atoms with Crippen molar-refractivity contribution in [2.24, 2.45) is 4.99 Å². The highest BCUT2D eigenvalue weighted by molar-refractivity contribution is 14.0. The van der Waals surface area contributed by atoms with Gasteiger partial charge in [0.2, 0.25) is 0 Å². The lowest BCUT2D eigenvalue weighted by molar-refractivity contribution is -0.140. The number of nitrogens with zero attached hydrogens (tertiary/aromatic N) is 3. The van der Waals surface area contributed by atoms with Gasteiger partial charge in [-0.3, -0.25) is 9.79 Å². The normalized spacial score (nSPS) is 11.0. The summed E-state index contributed by atoms with van der Waals surface area (Å²) in [5, 5.41) is 3.34. The molecule has 0 spiro atoms. The van der Waals surface area contributed by atoms with E-state index in [1.807, 2.05) is 31.4 Å². The van der Waals surface area contributed by atoms with E-state index in [0.717, 1.165) is 61.8 Å². The molecular weight excluding hydrogens is 493 g/mol. The van der Waals surface area contributed by atoms with Crippen LogP contribution in [-0.4, -0.2) is 54.0 Å². The smallest absolute Gasteiger partial charge is 0.305 e. The van der Waals surface area contributed by atoms with Crippen LogP contribution in [0.4, 0.5) is 0 Å². The first-order valence-electron chi connectivity index (χ1n) is 10.3. The molecule has 0 aliphatic rings. The molecule has 8 heteroatoms. The van der Waals surface area contributed by atoms with Gasteiger partial charge < -0.3 is 19.9 Å². The van der Waals surface area contributed by atoms with Crippen LogP contribution >= 0.6 is 24.0 Å². The molecule has 0 atom stereocenters. The van der Waals surface area contributed by atoms with Crippen LogP contribution < -0.4 is 5.32 Å². The van der Waals surface area contributed by atoms with Crippen molar-refractivity contribution in [2.45, 2.75) is 45.6 Å². The second-order valence-electron chi connectivity index (χ2n) is 6.94. The Kier molecular flexibility index (Phi) is 12.8. The first-order chi connectivity index (χ1) is 14.1. The summed E-state index contributed by atoms with van der Waals surface area (Å²) < 4.78 is 4.66. The number of hydrogen-bond donors (Lipinski definition) is 2. The third kappa shape index (κ3) is 9.15. The van der Waals surface area contributed by atoms with Crippen molar-refractivity contribution >= 4 is 35.9 Å². The van der Waals surface area contributed by atoms with Gasteiger partial charge in [-0.1, -0.05) is 43.2 Å². The summed E-state index contributed by atoms with van der Waals surface area (Å²) in [4.78, 5) is 25.8. The van der Waals surface area contributed by atoms with Crippen molar-refractivity contribution < 1.29 is 9.53 Å². The number of carbonyl (C=O) groups excluding carboxylic acids is 1. The minimum absolute atomic E-state index is 0. The Bertz CT molecular complexity index is 764. The number of methoxy groups -OCH3 is 1. The second kappa shape index (κ2) is 14.8. The van der Waals surface area contributed by atoms with Gasteiger partial charge in [-0.15, -0.1) is 24.0 Å². The zero-order valence-corrected chi connectivity index (χ0v) is 20.5. The molecule has 1 aromatic heterocycles. The number of ether oxygens (including phenoxy) is 1. The molecule has 0 saturated carbocycles. The molecule has 166 valence electrons. The molecule has 2 rings (SSSR count). The number of benzene rings is 1. The number of esters is 1. The van der Waals surface area contributed by atoms with Crippen molar-refractivity contribution in [1.82, 2.24) is 20.2 Å². The molecule has 0 aliphatic carbocycles. The second-order valence-corrected chi connectivity index (χ2v) is 6.94. The fourth-order valence-corrected chi connectivity index (χ4v) is 3.00. The Balaban J connectivity index is 0.00000450. The van der Waals surface area contributed by atoms with Gasteiger partial charge >= 0.3 is 5.97 Å². The third-order valence-electron chi connectivity index (χ3n) is 4.57. The number of unbranched alkanes of at least 4 members (excludes halogenated alkanes) is 3. The third-order valence-corrected chi connectivity index (χ3v) is 4.57. The lowest BCUT2D eigenvalue weighted by Crippen LogP contribution is -2.38. The topological polar surface area (TPSA) is 82.6 Å². The van der Waals surface area contributed by atoms with Crippen molar-refractivity contribution in [3.8, 4) is 11.3 Å². The highest BCUT2D eigenvalue weighted by Crippen LogP contribution is 2.16. The van der Waals surface area contributed by atoms with Gasteiger partial charge in [0.1, 0.15) is 5.82 Å². The number of nitrogens with one attached hydrogen (secondary N) is 2. The molecule has 0 fully saturated rings. The number of imidazole rings is 1. The van der Waals surface area contributed by atoms with E-state index in [-0.39, 0.29) is 29.9 Å². The minimum atomic E-state index is -0.132. The maximum absolute atomic E-state index is 11.1. The van der Waals surface area contributed by atoms with Gasteiger partial charge in [0.15, 0.2) is 5.96 Å². The van der Waals surface area contributed by atoms with Crippen LogP contribution in [0.25, 0.3) is 11.3 Å². The number of guanidine groups is 1. The zero-order chi connectivity index (χ0) is 20.9. The first-order valence-corrected chi connectivity index (χ1v) is 10.3. The predicted molar refractivity (Wildman–Crippen MR) is 132 cm³/mol. The summed E-state index contributed by atoms with van der Waals surface area (Å²) >= 11 is 0. The molecule has 0 unspecified atom stereocenters. The Morgan fingerprint density at radius 1 is 1.20 bits per heavy atom. The van der Waals surface area contributed by atoms with Crippen molar-refractivity contribution in [3.63, 3.8) is 0 Å². The summed E-state index contributed by atoms with van der Waals surface area (Å²) in [6.45, 7) is 4.29. The minimum Gasteiger partial charge on any atom is -0.469 e. The molecular formula is C22H34IN5O2. The molecule has 30 heavy (non-hydrogen) atoms. The average molecular weight is 527 g/mol. The molecule has 2 aromatic rings. The molecule has 0 saturated heterocycles. The summed E-state index contributed by atoms with van der Waals surface area (Å²) in [5.74, 6) is 1.65. The molecule has 2 N–H and O–H groups in total. The van der Waals surface area contributed by atoms with Gasteiger partial charge in [0, 0.05) is 26.6 Å². The Labute approximate surface area is 196 Å². The van der Waals surface area contributed by atoms with Crippen LogP contribution in [-0.2, 0) is 16.1 Å². The van der Waals surface area contributed by atoms with E-state index in [9.17, 15) is 4.79 Å². The van der Waals surface area contributed by atoms with Crippen LogP contribution in [0.2, 0.25) is 0 Å². The van der Waals surface area contributed by atoms with E-state index in [1.165, 1.54) is 7.11 Å². The number of aliphatic imine (C=N–C) groups is 1. The van der Waals surface area contributed by atoms with E-state index in [2.05, 4.69) is 44.0 Å². The van der Waals surface area contributed by atoms with Crippen LogP contribution in [0.15, 0.2) is 41.5 Å². The number of H-pyrrole nitrogens is 1. The Hall–Kier alpha value is -2.10. The first kappa shape index (κ1) is 25.9. The molecule has 0 aliphatic heterocycles. The van der Waals surface area contributed by atoms with E-state index < -0.39 is 0 Å². The van der Waals surface area contributed by atoms with Crippen molar-refractivity contribution in [3.05, 3.63) is 42.4 Å². The Morgan fingerprint density at radius 3 is 2.63 bits per heavy atom. The molecule has 7 nitrogen and oxygen atoms in total. The van der Waals surface area contributed by atoms with E-state index in [1.54, 1.807) is 0 Å². The molecule has 1 aromatic carbocycles. The van der Waals surface area contributed by atoms with Gasteiger partial charge in [0.05, 0.1) is 25.5 Å². The van der Waals surface area contributed by atoms with Gasteiger partial charge in [0.25, 0.3) is 0 Å². The summed E-state index contributed by atoms with van der Waals surface area (Å²) in [5.41, 5.74) is 2.14. The molecule has 0 radical (unpaired) electrons. The monoisotopic (exact) mass is 527 g/mol. The van der Waals surface area contributed by atoms with Gasteiger partial charge in [-0.2, -0.15) is 0 Å². The highest BCUT2D eigenvalue weighted by Gasteiger charge is 2.09. The summed E-state index contributed by atoms with van der Waals surface area (Å²) in [7, 11) is 3.45. The number of rotatable bonds is 11. The number of aromatic nitrogens is 2. The fraction of sp³-hybridized carbons (Fsp3) is 0.500. The van der Waals surface area contributed by atoms with Gasteiger partial charge in [-0.25, -0.2) is 4.98 Å². The predicted octanol–water partition coefficient (Wildman–Crippen LogP) is 4.22. The van der Waals surface area contributed by atoms with E-state index in [0.29, 0.717) is 13.0 Å². The van der Waals surface area contributed by atoms with Crippen LogP contribution in [0.1, 0.15) is 44.9 Å². The van der Waals surface area contributed by atoms with Crippen LogP contribution in [0, 0.1) is 0 Å². The summed E-state index contributed by atoms with van der Waals surface area (Å²) in [6.07, 6.45) is 6.32. The number of carbonyl (C=O) groups is 1. The quantitative estimate of drug-likeness (QED) is 0.150. The lowest BCUT2D eigenvalue weighted by atomic mass is 10.1. The van der Waals surface area contributed by atoms with E-state index in [4.69, 9.17) is 4.99 Å². The van der Waals surface area contributed by atoms with Gasteiger partial charge in [-0.05, 0) is 25.3 Å². The number of halogens is 1. The van der Waals surface area contributed by atoms with E-state index >= 15 is 0 Å².